The number of anilines is 1. The van der Waals surface area contributed by atoms with Crippen molar-refractivity contribution in [2.75, 3.05) is 18.4 Å². The third kappa shape index (κ3) is 5.99. The van der Waals surface area contributed by atoms with Crippen LogP contribution in [0, 0.1) is 6.92 Å². The number of carbonyl (C=O) groups is 1. The molecule has 1 aliphatic heterocycles. The van der Waals surface area contributed by atoms with Crippen molar-refractivity contribution in [1.82, 2.24) is 9.80 Å². The summed E-state index contributed by atoms with van der Waals surface area (Å²) in [5.74, 6) is 1.32. The van der Waals surface area contributed by atoms with E-state index in [1.54, 1.807) is 11.0 Å². The molecule has 180 valence electrons. The van der Waals surface area contributed by atoms with Crippen LogP contribution in [0.2, 0.25) is 0 Å². The predicted octanol–water partition coefficient (Wildman–Crippen LogP) is 6.31. The molecule has 2 amide bonds. The standard InChI is InChI=1S/C26H28F3N3O2/c1-19-11-12-22(34-19)18-32(25(33)30-24-10-6-5-9-23(24)26(27,28)29)21-13-15-31(16-14-21)17-20-7-3-2-4-8-20/h2-12,21H,13-18H2,1H3,(H,30,33). The summed E-state index contributed by atoms with van der Waals surface area (Å²) in [7, 11) is 0. The van der Waals surface area contributed by atoms with E-state index in [4.69, 9.17) is 4.42 Å². The van der Waals surface area contributed by atoms with Crippen molar-refractivity contribution in [3.8, 4) is 0 Å². The molecule has 5 nitrogen and oxygen atoms in total. The number of hydrogen-bond acceptors (Lipinski definition) is 3. The molecule has 1 N–H and O–H groups in total. The van der Waals surface area contributed by atoms with Crippen molar-refractivity contribution in [1.29, 1.82) is 0 Å². The summed E-state index contributed by atoms with van der Waals surface area (Å²) >= 11 is 0. The number of carbonyl (C=O) groups excluding carboxylic acids is 1. The first-order chi connectivity index (χ1) is 16.3. The monoisotopic (exact) mass is 471 g/mol. The molecule has 0 atom stereocenters. The Kier molecular flexibility index (Phi) is 7.26. The third-order valence-electron chi connectivity index (χ3n) is 6.10. The lowest BCUT2D eigenvalue weighted by Crippen LogP contribution is -2.48. The van der Waals surface area contributed by atoms with Gasteiger partial charge in [0.15, 0.2) is 0 Å². The number of para-hydroxylation sites is 1. The summed E-state index contributed by atoms with van der Waals surface area (Å²) in [5.41, 5.74) is 0.113. The lowest BCUT2D eigenvalue weighted by atomic mass is 10.0. The average molecular weight is 472 g/mol. The van der Waals surface area contributed by atoms with E-state index in [-0.39, 0.29) is 18.3 Å². The number of rotatable bonds is 6. The molecule has 0 unspecified atom stereocenters. The number of likely N-dealkylation sites (tertiary alicyclic amines) is 1. The highest BCUT2D eigenvalue weighted by atomic mass is 19.4. The Bertz CT molecular complexity index is 1090. The highest BCUT2D eigenvalue weighted by molar-refractivity contribution is 5.90. The van der Waals surface area contributed by atoms with Gasteiger partial charge in [-0.25, -0.2) is 4.79 Å². The van der Waals surface area contributed by atoms with Crippen LogP contribution >= 0.6 is 0 Å². The lowest BCUT2D eigenvalue weighted by molar-refractivity contribution is -0.136. The van der Waals surface area contributed by atoms with E-state index in [0.717, 1.165) is 44.3 Å². The van der Waals surface area contributed by atoms with Crippen LogP contribution in [0.5, 0.6) is 0 Å². The Morgan fingerprint density at radius 3 is 2.35 bits per heavy atom. The van der Waals surface area contributed by atoms with Gasteiger partial charge in [0, 0.05) is 25.7 Å². The highest BCUT2D eigenvalue weighted by Gasteiger charge is 2.35. The number of nitrogens with one attached hydrogen (secondary N) is 1. The Hall–Kier alpha value is -3.26. The Morgan fingerprint density at radius 1 is 1.03 bits per heavy atom. The first-order valence-corrected chi connectivity index (χ1v) is 11.3. The number of halogens is 3. The minimum absolute atomic E-state index is 0.115. The summed E-state index contributed by atoms with van der Waals surface area (Å²) in [6, 6.07) is 18.1. The van der Waals surface area contributed by atoms with Crippen LogP contribution in [-0.4, -0.2) is 35.0 Å². The number of alkyl halides is 3. The average Bonchev–Trinajstić information content (AvgIpc) is 3.23. The lowest BCUT2D eigenvalue weighted by Gasteiger charge is -2.38. The number of nitrogens with zero attached hydrogens (tertiary/aromatic N) is 2. The van der Waals surface area contributed by atoms with E-state index in [1.165, 1.54) is 23.8 Å². The Balaban J connectivity index is 1.48. The summed E-state index contributed by atoms with van der Waals surface area (Å²) in [6.45, 7) is 4.42. The maximum Gasteiger partial charge on any atom is 0.418 e. The summed E-state index contributed by atoms with van der Waals surface area (Å²) < 4.78 is 46.0. The summed E-state index contributed by atoms with van der Waals surface area (Å²) in [6.07, 6.45) is -3.11. The fourth-order valence-corrected chi connectivity index (χ4v) is 4.36. The van der Waals surface area contributed by atoms with Gasteiger partial charge in [0.25, 0.3) is 0 Å². The Labute approximate surface area is 197 Å². The van der Waals surface area contributed by atoms with Crippen molar-refractivity contribution in [2.24, 2.45) is 0 Å². The van der Waals surface area contributed by atoms with Crippen LogP contribution in [0.15, 0.2) is 71.1 Å². The fraction of sp³-hybridized carbons (Fsp3) is 0.346. The van der Waals surface area contributed by atoms with Crippen molar-refractivity contribution < 1.29 is 22.4 Å². The van der Waals surface area contributed by atoms with Crippen molar-refractivity contribution in [3.63, 3.8) is 0 Å². The minimum atomic E-state index is -4.56. The van der Waals surface area contributed by atoms with Crippen LogP contribution in [0.3, 0.4) is 0 Å². The van der Waals surface area contributed by atoms with E-state index in [9.17, 15) is 18.0 Å². The largest absolute Gasteiger partial charge is 0.464 e. The second kappa shape index (κ2) is 10.3. The molecule has 8 heteroatoms. The van der Waals surface area contributed by atoms with Gasteiger partial charge < -0.3 is 14.6 Å². The molecular formula is C26H28F3N3O2. The maximum atomic E-state index is 13.4. The highest BCUT2D eigenvalue weighted by Crippen LogP contribution is 2.35. The van der Waals surface area contributed by atoms with Gasteiger partial charge in [0.1, 0.15) is 11.5 Å². The van der Waals surface area contributed by atoms with Gasteiger partial charge in [-0.1, -0.05) is 42.5 Å². The number of hydrogen-bond donors (Lipinski definition) is 1. The summed E-state index contributed by atoms with van der Waals surface area (Å²) in [4.78, 5) is 17.2. The summed E-state index contributed by atoms with van der Waals surface area (Å²) in [5, 5.41) is 2.50. The van der Waals surface area contributed by atoms with Gasteiger partial charge >= 0.3 is 12.2 Å². The van der Waals surface area contributed by atoms with E-state index in [1.807, 2.05) is 31.2 Å². The molecule has 1 aliphatic rings. The molecule has 0 radical (unpaired) electrons. The predicted molar refractivity (Wildman–Crippen MR) is 124 cm³/mol. The van der Waals surface area contributed by atoms with Crippen LogP contribution in [0.1, 0.15) is 35.5 Å². The number of aryl methyl sites for hydroxylation is 1. The van der Waals surface area contributed by atoms with Crippen molar-refractivity contribution in [3.05, 3.63) is 89.4 Å². The van der Waals surface area contributed by atoms with Gasteiger partial charge in [0.2, 0.25) is 0 Å². The van der Waals surface area contributed by atoms with Crippen LogP contribution < -0.4 is 5.32 Å². The van der Waals surface area contributed by atoms with Crippen LogP contribution in [-0.2, 0) is 19.3 Å². The second-order valence-corrected chi connectivity index (χ2v) is 8.61. The molecule has 1 saturated heterocycles. The number of urea groups is 1. The van der Waals surface area contributed by atoms with Crippen molar-refractivity contribution >= 4 is 11.7 Å². The van der Waals surface area contributed by atoms with E-state index >= 15 is 0 Å². The molecule has 0 bridgehead atoms. The van der Waals surface area contributed by atoms with Gasteiger partial charge in [-0.05, 0) is 49.6 Å². The number of furan rings is 1. The molecule has 3 aromatic rings. The third-order valence-corrected chi connectivity index (χ3v) is 6.10. The van der Waals surface area contributed by atoms with Gasteiger partial charge in [0.05, 0.1) is 17.8 Å². The normalized spacial score (nSPS) is 15.3. The molecule has 1 aromatic heterocycles. The second-order valence-electron chi connectivity index (χ2n) is 8.61. The Morgan fingerprint density at radius 2 is 1.71 bits per heavy atom. The SMILES string of the molecule is Cc1ccc(CN(C(=O)Nc2ccccc2C(F)(F)F)C2CCN(Cc3ccccc3)CC2)o1. The van der Waals surface area contributed by atoms with Gasteiger partial charge in [-0.2, -0.15) is 13.2 Å². The molecule has 0 aliphatic carbocycles. The molecule has 0 spiro atoms. The topological polar surface area (TPSA) is 48.7 Å². The van der Waals surface area contributed by atoms with Crippen LogP contribution in [0.25, 0.3) is 0 Å². The number of piperidine rings is 1. The zero-order chi connectivity index (χ0) is 24.1. The van der Waals surface area contributed by atoms with Gasteiger partial charge in [-0.15, -0.1) is 0 Å². The van der Waals surface area contributed by atoms with Gasteiger partial charge in [-0.3, -0.25) is 4.90 Å². The quantitative estimate of drug-likeness (QED) is 0.459. The van der Waals surface area contributed by atoms with Crippen molar-refractivity contribution in [2.45, 2.75) is 45.1 Å². The molecule has 2 aromatic carbocycles. The zero-order valence-electron chi connectivity index (χ0n) is 19.0. The van der Waals surface area contributed by atoms with Crippen LogP contribution in [0.4, 0.5) is 23.7 Å². The number of benzene rings is 2. The molecule has 1 fully saturated rings. The first-order valence-electron chi connectivity index (χ1n) is 11.3. The molecule has 34 heavy (non-hydrogen) atoms. The maximum absolute atomic E-state index is 13.4. The molecule has 2 heterocycles. The fourth-order valence-electron chi connectivity index (χ4n) is 4.36. The molecular weight excluding hydrogens is 443 g/mol. The molecule has 4 rings (SSSR count). The number of amides is 2. The minimum Gasteiger partial charge on any atom is -0.464 e. The molecule has 0 saturated carbocycles. The first kappa shape index (κ1) is 23.9. The smallest absolute Gasteiger partial charge is 0.418 e. The van der Waals surface area contributed by atoms with E-state index < -0.39 is 17.8 Å². The zero-order valence-corrected chi connectivity index (χ0v) is 19.0. The van der Waals surface area contributed by atoms with E-state index in [2.05, 4.69) is 22.3 Å². The van der Waals surface area contributed by atoms with E-state index in [0.29, 0.717) is 5.76 Å².